The number of nitrogens with one attached hydrogen (secondary N) is 1. The van der Waals surface area contributed by atoms with Gasteiger partial charge in [-0.1, -0.05) is 48.5 Å². The highest BCUT2D eigenvalue weighted by atomic mass is 16.5. The van der Waals surface area contributed by atoms with Gasteiger partial charge in [0.05, 0.1) is 19.2 Å². The summed E-state index contributed by atoms with van der Waals surface area (Å²) in [6.07, 6.45) is 0.424. The van der Waals surface area contributed by atoms with E-state index < -0.39 is 18.0 Å². The van der Waals surface area contributed by atoms with Crippen LogP contribution in [0.4, 0.5) is 16.2 Å². The molecule has 0 aromatic heterocycles. The highest BCUT2D eigenvalue weighted by Crippen LogP contribution is 2.27. The number of anilines is 2. The van der Waals surface area contributed by atoms with E-state index in [1.807, 2.05) is 48.5 Å². The Morgan fingerprint density at radius 2 is 1.55 bits per heavy atom. The number of methoxy groups -OCH3 is 1. The quantitative estimate of drug-likeness (QED) is 0.532. The number of imide groups is 1. The van der Waals surface area contributed by atoms with Crippen molar-refractivity contribution in [2.45, 2.75) is 18.9 Å². The van der Waals surface area contributed by atoms with Crippen LogP contribution in [0.5, 0.6) is 5.75 Å². The summed E-state index contributed by atoms with van der Waals surface area (Å²) in [4.78, 5) is 41.9. The van der Waals surface area contributed by atoms with E-state index in [2.05, 4.69) is 5.32 Å². The smallest absolute Gasteiger partial charge is 0.332 e. The van der Waals surface area contributed by atoms with Crippen LogP contribution in [0.3, 0.4) is 0 Å². The fraction of sp³-hybridized carbons (Fsp3) is 0.192. The van der Waals surface area contributed by atoms with Crippen LogP contribution in [0, 0.1) is 0 Å². The molecule has 0 bridgehead atoms. The lowest BCUT2D eigenvalue weighted by atomic mass is 10.1. The molecule has 0 spiro atoms. The average molecular weight is 444 g/mol. The number of nitrogens with zero attached hydrogens (tertiary/aromatic N) is 2. The Balaban J connectivity index is 1.53. The van der Waals surface area contributed by atoms with Gasteiger partial charge in [-0.3, -0.25) is 9.59 Å². The van der Waals surface area contributed by atoms with Crippen molar-refractivity contribution in [2.75, 3.05) is 23.9 Å². The van der Waals surface area contributed by atoms with Crippen molar-refractivity contribution < 1.29 is 19.1 Å². The van der Waals surface area contributed by atoms with Crippen LogP contribution < -0.4 is 15.0 Å². The van der Waals surface area contributed by atoms with E-state index in [-0.39, 0.29) is 12.3 Å². The molecule has 7 nitrogen and oxygen atoms in total. The van der Waals surface area contributed by atoms with Crippen molar-refractivity contribution in [2.24, 2.45) is 0 Å². The Bertz CT molecular complexity index is 1120. The number of hydrogen-bond donors (Lipinski definition) is 1. The van der Waals surface area contributed by atoms with Crippen LogP contribution in [0.25, 0.3) is 0 Å². The first-order valence-corrected chi connectivity index (χ1v) is 10.7. The van der Waals surface area contributed by atoms with Gasteiger partial charge in [-0.2, -0.15) is 0 Å². The normalized spacial score (nSPS) is 15.6. The summed E-state index contributed by atoms with van der Waals surface area (Å²) in [7, 11) is 1.60. The summed E-state index contributed by atoms with van der Waals surface area (Å²) in [5.41, 5.74) is 2.14. The van der Waals surface area contributed by atoms with Crippen molar-refractivity contribution in [3.8, 4) is 5.75 Å². The molecule has 0 saturated carbocycles. The number of rotatable bonds is 8. The van der Waals surface area contributed by atoms with E-state index in [1.165, 1.54) is 4.90 Å². The molecule has 3 aromatic carbocycles. The zero-order valence-electron chi connectivity index (χ0n) is 18.3. The fourth-order valence-corrected chi connectivity index (χ4v) is 3.85. The van der Waals surface area contributed by atoms with Crippen LogP contribution in [-0.4, -0.2) is 42.4 Å². The van der Waals surface area contributed by atoms with Crippen LogP contribution in [0.2, 0.25) is 0 Å². The molecule has 1 aliphatic rings. The molecule has 0 unspecified atom stereocenters. The van der Waals surface area contributed by atoms with Gasteiger partial charge < -0.3 is 15.0 Å². The minimum Gasteiger partial charge on any atom is -0.497 e. The molecule has 33 heavy (non-hydrogen) atoms. The molecule has 3 aromatic rings. The SMILES string of the molecule is COc1ccc(CCN2C(=O)N(c3ccccc3)C(=O)[C@@H]2CC(=O)Nc2ccccc2)cc1. The lowest BCUT2D eigenvalue weighted by molar-refractivity contribution is -0.124. The van der Waals surface area contributed by atoms with Gasteiger partial charge in [-0.15, -0.1) is 0 Å². The number of carbonyl (C=O) groups is 3. The molecule has 1 N–H and O–H groups in total. The fourth-order valence-electron chi connectivity index (χ4n) is 3.85. The van der Waals surface area contributed by atoms with Crippen LogP contribution in [-0.2, 0) is 16.0 Å². The monoisotopic (exact) mass is 443 g/mol. The summed E-state index contributed by atoms with van der Waals surface area (Å²) in [5.74, 6) is 0.0257. The van der Waals surface area contributed by atoms with Crippen molar-refractivity contribution in [1.82, 2.24) is 4.90 Å². The number of urea groups is 1. The standard InChI is InChI=1S/C26H25N3O4/c1-33-22-14-12-19(13-15-22)16-17-28-23(18-24(30)27-20-8-4-2-5-9-20)25(31)29(26(28)32)21-10-6-3-7-11-21/h2-15,23H,16-18H2,1H3,(H,27,30)/t23-/m0/s1. The number of amides is 4. The van der Waals surface area contributed by atoms with Gasteiger partial charge in [0, 0.05) is 12.2 Å². The summed E-state index contributed by atoms with van der Waals surface area (Å²) in [6.45, 7) is 0.309. The van der Waals surface area contributed by atoms with Gasteiger partial charge in [0.1, 0.15) is 11.8 Å². The Hall–Kier alpha value is -4.13. The number of carbonyl (C=O) groups excluding carboxylic acids is 3. The number of hydrogen-bond acceptors (Lipinski definition) is 4. The first-order valence-electron chi connectivity index (χ1n) is 10.7. The molecule has 7 heteroatoms. The number of benzene rings is 3. The van der Waals surface area contributed by atoms with Crippen molar-refractivity contribution >= 4 is 29.2 Å². The van der Waals surface area contributed by atoms with E-state index >= 15 is 0 Å². The summed E-state index contributed by atoms with van der Waals surface area (Å²) in [6, 6.07) is 24.1. The first-order chi connectivity index (χ1) is 16.1. The topological polar surface area (TPSA) is 79.0 Å². The third-order valence-corrected chi connectivity index (χ3v) is 5.57. The minimum absolute atomic E-state index is 0.120. The summed E-state index contributed by atoms with van der Waals surface area (Å²) >= 11 is 0. The molecule has 0 radical (unpaired) electrons. The summed E-state index contributed by atoms with van der Waals surface area (Å²) in [5, 5.41) is 2.80. The van der Waals surface area contributed by atoms with Crippen LogP contribution in [0.1, 0.15) is 12.0 Å². The largest absolute Gasteiger partial charge is 0.497 e. The Morgan fingerprint density at radius 3 is 2.18 bits per heavy atom. The molecule has 0 aliphatic carbocycles. The Morgan fingerprint density at radius 1 is 0.909 bits per heavy atom. The third kappa shape index (κ3) is 5.03. The third-order valence-electron chi connectivity index (χ3n) is 5.57. The van der Waals surface area contributed by atoms with Gasteiger partial charge in [0.25, 0.3) is 5.91 Å². The predicted octanol–water partition coefficient (Wildman–Crippen LogP) is 4.10. The van der Waals surface area contributed by atoms with E-state index in [1.54, 1.807) is 43.5 Å². The molecule has 1 saturated heterocycles. The molecular weight excluding hydrogens is 418 g/mol. The predicted molar refractivity (Wildman–Crippen MR) is 126 cm³/mol. The van der Waals surface area contributed by atoms with E-state index in [0.717, 1.165) is 16.2 Å². The second-order valence-corrected chi connectivity index (χ2v) is 7.72. The molecule has 1 heterocycles. The van der Waals surface area contributed by atoms with Gasteiger partial charge in [-0.25, -0.2) is 9.69 Å². The molecule has 1 aliphatic heterocycles. The van der Waals surface area contributed by atoms with Crippen LogP contribution in [0.15, 0.2) is 84.9 Å². The van der Waals surface area contributed by atoms with E-state index in [0.29, 0.717) is 24.3 Å². The number of para-hydroxylation sites is 2. The maximum atomic E-state index is 13.3. The van der Waals surface area contributed by atoms with Crippen LogP contribution >= 0.6 is 0 Å². The average Bonchev–Trinajstić information content (AvgIpc) is 3.07. The molecule has 4 rings (SSSR count). The van der Waals surface area contributed by atoms with Gasteiger partial charge in [0.15, 0.2) is 0 Å². The molecular formula is C26H25N3O4. The van der Waals surface area contributed by atoms with E-state index in [4.69, 9.17) is 4.74 Å². The van der Waals surface area contributed by atoms with Crippen molar-refractivity contribution in [1.29, 1.82) is 0 Å². The second kappa shape index (κ2) is 9.99. The summed E-state index contributed by atoms with van der Waals surface area (Å²) < 4.78 is 5.19. The maximum Gasteiger partial charge on any atom is 0.332 e. The second-order valence-electron chi connectivity index (χ2n) is 7.72. The molecule has 4 amide bonds. The lowest BCUT2D eigenvalue weighted by Gasteiger charge is -2.21. The molecule has 168 valence electrons. The first kappa shape index (κ1) is 22.1. The Kier molecular flexibility index (Phi) is 6.69. The van der Waals surface area contributed by atoms with Crippen molar-refractivity contribution in [3.63, 3.8) is 0 Å². The van der Waals surface area contributed by atoms with E-state index in [9.17, 15) is 14.4 Å². The molecule has 1 atom stereocenters. The van der Waals surface area contributed by atoms with Crippen molar-refractivity contribution in [3.05, 3.63) is 90.5 Å². The highest BCUT2D eigenvalue weighted by molar-refractivity contribution is 6.22. The maximum absolute atomic E-state index is 13.3. The highest BCUT2D eigenvalue weighted by Gasteiger charge is 2.46. The lowest BCUT2D eigenvalue weighted by Crippen LogP contribution is -2.39. The molecule has 1 fully saturated rings. The minimum atomic E-state index is -0.875. The Labute approximate surface area is 192 Å². The zero-order valence-corrected chi connectivity index (χ0v) is 18.3. The zero-order chi connectivity index (χ0) is 23.2. The van der Waals surface area contributed by atoms with Gasteiger partial charge in [0.2, 0.25) is 5.91 Å². The number of ether oxygens (including phenoxy) is 1. The van der Waals surface area contributed by atoms with Gasteiger partial charge in [-0.05, 0) is 48.4 Å². The van der Waals surface area contributed by atoms with Gasteiger partial charge >= 0.3 is 6.03 Å².